The van der Waals surface area contributed by atoms with E-state index in [0.29, 0.717) is 31.4 Å². The zero-order chi connectivity index (χ0) is 19.1. The Hall–Kier alpha value is -2.25. The van der Waals surface area contributed by atoms with Crippen molar-refractivity contribution in [2.45, 2.75) is 32.7 Å². The number of methoxy groups -OCH3 is 1. The van der Waals surface area contributed by atoms with Crippen LogP contribution in [0.25, 0.3) is 11.4 Å². The van der Waals surface area contributed by atoms with Crippen LogP contribution in [0.15, 0.2) is 28.8 Å². The van der Waals surface area contributed by atoms with E-state index in [1.165, 1.54) is 5.56 Å². The minimum atomic E-state index is 0.0920. The van der Waals surface area contributed by atoms with Gasteiger partial charge >= 0.3 is 0 Å². The minimum Gasteiger partial charge on any atom is -0.385 e. The van der Waals surface area contributed by atoms with Crippen LogP contribution in [0.4, 0.5) is 0 Å². The summed E-state index contributed by atoms with van der Waals surface area (Å²) >= 11 is 0. The van der Waals surface area contributed by atoms with Crippen LogP contribution in [0.2, 0.25) is 0 Å². The van der Waals surface area contributed by atoms with Crippen molar-refractivity contribution in [1.29, 1.82) is 0 Å². The molecule has 7 nitrogen and oxygen atoms in total. The summed E-state index contributed by atoms with van der Waals surface area (Å²) in [5.74, 6) is 1.49. The molecule has 27 heavy (non-hydrogen) atoms. The van der Waals surface area contributed by atoms with Gasteiger partial charge in [-0.3, -0.25) is 9.69 Å². The van der Waals surface area contributed by atoms with Crippen molar-refractivity contribution in [3.05, 3.63) is 35.7 Å². The van der Waals surface area contributed by atoms with E-state index in [0.717, 1.165) is 37.9 Å². The van der Waals surface area contributed by atoms with Gasteiger partial charge in [0.1, 0.15) is 0 Å². The van der Waals surface area contributed by atoms with Gasteiger partial charge in [0.15, 0.2) is 0 Å². The molecule has 0 aliphatic carbocycles. The Balaban J connectivity index is 1.45. The highest BCUT2D eigenvalue weighted by Crippen LogP contribution is 2.21. The Labute approximate surface area is 160 Å². The number of amides is 1. The van der Waals surface area contributed by atoms with Gasteiger partial charge in [-0.2, -0.15) is 4.98 Å². The third-order valence-electron chi connectivity index (χ3n) is 4.89. The van der Waals surface area contributed by atoms with E-state index >= 15 is 0 Å². The predicted octanol–water partition coefficient (Wildman–Crippen LogP) is 2.41. The first-order chi connectivity index (χ1) is 13.2. The summed E-state index contributed by atoms with van der Waals surface area (Å²) in [6.45, 7) is 5.74. The lowest BCUT2D eigenvalue weighted by atomic mass is 9.96. The predicted molar refractivity (Wildman–Crippen MR) is 102 cm³/mol. The maximum atomic E-state index is 12.2. The SMILES string of the molecule is COCCCNC(=O)C1CCN(Cc2nc(-c3cccc(C)c3)no2)CC1. The molecule has 3 rings (SSSR count). The fourth-order valence-corrected chi connectivity index (χ4v) is 3.34. The minimum absolute atomic E-state index is 0.0920. The highest BCUT2D eigenvalue weighted by molar-refractivity contribution is 5.78. The number of carbonyl (C=O) groups is 1. The van der Waals surface area contributed by atoms with Crippen LogP contribution in [0.3, 0.4) is 0 Å². The second kappa shape index (κ2) is 9.62. The van der Waals surface area contributed by atoms with E-state index in [2.05, 4.69) is 20.4 Å². The van der Waals surface area contributed by atoms with Gasteiger partial charge in [0.25, 0.3) is 0 Å². The van der Waals surface area contributed by atoms with Crippen LogP contribution in [-0.4, -0.2) is 54.3 Å². The summed E-state index contributed by atoms with van der Waals surface area (Å²) in [4.78, 5) is 19.0. The van der Waals surface area contributed by atoms with Gasteiger partial charge in [-0.25, -0.2) is 0 Å². The number of carbonyl (C=O) groups excluding carboxylic acids is 1. The van der Waals surface area contributed by atoms with Crippen LogP contribution in [0, 0.1) is 12.8 Å². The molecule has 1 aromatic carbocycles. The molecule has 0 spiro atoms. The normalized spacial score (nSPS) is 15.8. The molecule has 1 aromatic heterocycles. The Morgan fingerprint density at radius 1 is 1.37 bits per heavy atom. The molecule has 0 atom stereocenters. The van der Waals surface area contributed by atoms with E-state index in [-0.39, 0.29) is 11.8 Å². The lowest BCUT2D eigenvalue weighted by Crippen LogP contribution is -2.40. The molecule has 0 unspecified atom stereocenters. The lowest BCUT2D eigenvalue weighted by molar-refractivity contribution is -0.126. The average Bonchev–Trinajstić information content (AvgIpc) is 3.14. The lowest BCUT2D eigenvalue weighted by Gasteiger charge is -2.30. The molecule has 1 aliphatic rings. The number of hydrogen-bond acceptors (Lipinski definition) is 6. The fraction of sp³-hybridized carbons (Fsp3) is 0.550. The van der Waals surface area contributed by atoms with Gasteiger partial charge in [-0.05, 0) is 45.3 Å². The number of piperidine rings is 1. The molecule has 1 fully saturated rings. The number of nitrogens with one attached hydrogen (secondary N) is 1. The van der Waals surface area contributed by atoms with Gasteiger partial charge in [0.05, 0.1) is 6.54 Å². The molecule has 1 aliphatic heterocycles. The highest BCUT2D eigenvalue weighted by Gasteiger charge is 2.25. The molecular formula is C20H28N4O3. The molecular weight excluding hydrogens is 344 g/mol. The Morgan fingerprint density at radius 3 is 2.93 bits per heavy atom. The van der Waals surface area contributed by atoms with E-state index < -0.39 is 0 Å². The molecule has 0 radical (unpaired) electrons. The fourth-order valence-electron chi connectivity index (χ4n) is 3.34. The van der Waals surface area contributed by atoms with Crippen molar-refractivity contribution >= 4 is 5.91 Å². The van der Waals surface area contributed by atoms with Crippen molar-refractivity contribution in [3.8, 4) is 11.4 Å². The summed E-state index contributed by atoms with van der Waals surface area (Å²) in [7, 11) is 1.67. The molecule has 146 valence electrons. The number of rotatable bonds is 8. The van der Waals surface area contributed by atoms with Crippen molar-refractivity contribution in [3.63, 3.8) is 0 Å². The van der Waals surface area contributed by atoms with Crippen LogP contribution in [0.1, 0.15) is 30.7 Å². The third kappa shape index (κ3) is 5.61. The molecule has 0 saturated carbocycles. The molecule has 2 heterocycles. The monoisotopic (exact) mass is 372 g/mol. The number of aromatic nitrogens is 2. The zero-order valence-electron chi connectivity index (χ0n) is 16.1. The van der Waals surface area contributed by atoms with Gasteiger partial charge in [0, 0.05) is 31.7 Å². The topological polar surface area (TPSA) is 80.5 Å². The van der Waals surface area contributed by atoms with Crippen molar-refractivity contribution in [1.82, 2.24) is 20.4 Å². The van der Waals surface area contributed by atoms with E-state index in [4.69, 9.17) is 9.26 Å². The number of hydrogen-bond donors (Lipinski definition) is 1. The highest BCUT2D eigenvalue weighted by atomic mass is 16.5. The summed E-state index contributed by atoms with van der Waals surface area (Å²) in [5.41, 5.74) is 2.13. The Morgan fingerprint density at radius 2 is 2.19 bits per heavy atom. The molecule has 7 heteroatoms. The van der Waals surface area contributed by atoms with Crippen LogP contribution in [0.5, 0.6) is 0 Å². The first-order valence-electron chi connectivity index (χ1n) is 9.54. The van der Waals surface area contributed by atoms with Crippen molar-refractivity contribution < 1.29 is 14.1 Å². The van der Waals surface area contributed by atoms with E-state index in [1.807, 2.05) is 31.2 Å². The first-order valence-corrected chi connectivity index (χ1v) is 9.54. The summed E-state index contributed by atoms with van der Waals surface area (Å²) in [6, 6.07) is 8.07. The Bertz CT molecular complexity index is 738. The second-order valence-electron chi connectivity index (χ2n) is 7.07. The molecule has 1 N–H and O–H groups in total. The molecule has 1 saturated heterocycles. The van der Waals surface area contributed by atoms with Gasteiger partial charge < -0.3 is 14.6 Å². The van der Waals surface area contributed by atoms with Crippen molar-refractivity contribution in [2.24, 2.45) is 5.92 Å². The smallest absolute Gasteiger partial charge is 0.241 e. The third-order valence-corrected chi connectivity index (χ3v) is 4.89. The maximum Gasteiger partial charge on any atom is 0.241 e. The van der Waals surface area contributed by atoms with Crippen LogP contribution < -0.4 is 5.32 Å². The molecule has 2 aromatic rings. The maximum absolute atomic E-state index is 12.2. The van der Waals surface area contributed by atoms with Crippen LogP contribution in [-0.2, 0) is 16.1 Å². The number of likely N-dealkylation sites (tertiary alicyclic amines) is 1. The first kappa shape index (κ1) is 19.5. The molecule has 0 bridgehead atoms. The number of benzene rings is 1. The summed E-state index contributed by atoms with van der Waals surface area (Å²) in [5, 5.41) is 7.10. The standard InChI is InChI=1S/C20H28N4O3/c1-15-5-3-6-17(13-15)19-22-18(27-23-19)14-24-10-7-16(8-11-24)20(25)21-9-4-12-26-2/h3,5-6,13,16H,4,7-12,14H2,1-2H3,(H,21,25). The van der Waals surface area contributed by atoms with Gasteiger partial charge in [-0.1, -0.05) is 28.9 Å². The summed E-state index contributed by atoms with van der Waals surface area (Å²) in [6.07, 6.45) is 2.56. The average molecular weight is 372 g/mol. The quantitative estimate of drug-likeness (QED) is 0.717. The number of nitrogens with zero attached hydrogens (tertiary/aromatic N) is 3. The largest absolute Gasteiger partial charge is 0.385 e. The molecule has 1 amide bonds. The Kier molecular flexibility index (Phi) is 6.95. The summed E-state index contributed by atoms with van der Waals surface area (Å²) < 4.78 is 10.4. The zero-order valence-corrected chi connectivity index (χ0v) is 16.1. The van der Waals surface area contributed by atoms with Gasteiger partial charge in [-0.15, -0.1) is 0 Å². The second-order valence-corrected chi connectivity index (χ2v) is 7.07. The van der Waals surface area contributed by atoms with Crippen LogP contribution >= 0.6 is 0 Å². The van der Waals surface area contributed by atoms with Crippen molar-refractivity contribution in [2.75, 3.05) is 33.4 Å². The van der Waals surface area contributed by atoms with E-state index in [1.54, 1.807) is 7.11 Å². The van der Waals surface area contributed by atoms with Gasteiger partial charge in [0.2, 0.25) is 17.6 Å². The number of aryl methyl sites for hydroxylation is 1. The van der Waals surface area contributed by atoms with E-state index in [9.17, 15) is 4.79 Å². The number of ether oxygens (including phenoxy) is 1.